The van der Waals surface area contributed by atoms with Crippen molar-refractivity contribution < 1.29 is 9.53 Å². The van der Waals surface area contributed by atoms with Crippen molar-refractivity contribution in [1.82, 2.24) is 14.9 Å². The van der Waals surface area contributed by atoms with Gasteiger partial charge in [0, 0.05) is 31.6 Å². The molecule has 0 aromatic carbocycles. The smallest absolute Gasteiger partial charge is 0.330 e. The number of hydrogen-bond donors (Lipinski definition) is 3. The number of carbonyl (C=O) groups excluding carboxylic acids is 1. The van der Waals surface area contributed by atoms with E-state index in [0.29, 0.717) is 12.0 Å². The van der Waals surface area contributed by atoms with E-state index in [0.717, 1.165) is 0 Å². The van der Waals surface area contributed by atoms with Gasteiger partial charge < -0.3 is 15.8 Å². The van der Waals surface area contributed by atoms with Crippen molar-refractivity contribution in [2.24, 2.45) is 5.73 Å². The summed E-state index contributed by atoms with van der Waals surface area (Å²) in [6, 6.07) is -0.248. The zero-order chi connectivity index (χ0) is 14.9. The first-order valence-electron chi connectivity index (χ1n) is 6.37. The fourth-order valence-electron chi connectivity index (χ4n) is 2.33. The number of H-pyrrole nitrogens is 1. The van der Waals surface area contributed by atoms with E-state index in [-0.39, 0.29) is 24.6 Å². The number of ether oxygens (including phenoxy) is 1. The Morgan fingerprint density at radius 3 is 2.90 bits per heavy atom. The monoisotopic (exact) mass is 282 g/mol. The number of nitrogens with zero attached hydrogens (tertiary/aromatic N) is 1. The number of nitrogens with two attached hydrogens (primary N) is 1. The Morgan fingerprint density at radius 1 is 1.60 bits per heavy atom. The van der Waals surface area contributed by atoms with E-state index in [4.69, 9.17) is 10.5 Å². The third-order valence-electron chi connectivity index (χ3n) is 3.31. The topological polar surface area (TPSA) is 119 Å². The largest absolute Gasteiger partial charge is 0.351 e. The van der Waals surface area contributed by atoms with Crippen LogP contribution in [0.25, 0.3) is 0 Å². The van der Waals surface area contributed by atoms with Crippen LogP contribution in [0.4, 0.5) is 0 Å². The maximum absolute atomic E-state index is 11.8. The summed E-state index contributed by atoms with van der Waals surface area (Å²) in [4.78, 5) is 36.5. The van der Waals surface area contributed by atoms with Gasteiger partial charge in [-0.2, -0.15) is 0 Å². The molecule has 0 spiro atoms. The lowest BCUT2D eigenvalue weighted by molar-refractivity contribution is -0.120. The van der Waals surface area contributed by atoms with Gasteiger partial charge in [0.1, 0.15) is 6.23 Å². The molecule has 0 radical (unpaired) electrons. The van der Waals surface area contributed by atoms with Crippen LogP contribution in [0.1, 0.15) is 25.1 Å². The number of nitrogens with one attached hydrogen (secondary N) is 2. The molecule has 4 N–H and O–H groups in total. The van der Waals surface area contributed by atoms with Gasteiger partial charge in [0.25, 0.3) is 5.56 Å². The normalized spacial score (nSPS) is 25.6. The summed E-state index contributed by atoms with van der Waals surface area (Å²) in [5.41, 5.74) is 5.07. The van der Waals surface area contributed by atoms with Gasteiger partial charge in [-0.3, -0.25) is 19.1 Å². The average molecular weight is 282 g/mol. The lowest BCUT2D eigenvalue weighted by atomic mass is 10.1. The number of aromatic nitrogens is 2. The van der Waals surface area contributed by atoms with Crippen molar-refractivity contribution in [2.75, 3.05) is 6.54 Å². The SMILES string of the molecule is CC(=O)N[C@H]1C[C@H](n2cc(C)c(=O)[nH]c2=O)O[C@@H]1CN. The molecule has 110 valence electrons. The Kier molecular flexibility index (Phi) is 4.05. The Labute approximate surface area is 114 Å². The average Bonchev–Trinajstić information content (AvgIpc) is 2.75. The number of hydrogen-bond acceptors (Lipinski definition) is 5. The van der Waals surface area contributed by atoms with Crippen LogP contribution in [0, 0.1) is 6.92 Å². The highest BCUT2D eigenvalue weighted by atomic mass is 16.5. The van der Waals surface area contributed by atoms with E-state index in [2.05, 4.69) is 10.3 Å². The van der Waals surface area contributed by atoms with E-state index in [1.807, 2.05) is 0 Å². The van der Waals surface area contributed by atoms with Crippen molar-refractivity contribution in [3.8, 4) is 0 Å². The van der Waals surface area contributed by atoms with Crippen LogP contribution >= 0.6 is 0 Å². The van der Waals surface area contributed by atoms with E-state index < -0.39 is 17.5 Å². The van der Waals surface area contributed by atoms with Crippen molar-refractivity contribution in [3.05, 3.63) is 32.6 Å². The molecule has 1 aromatic heterocycles. The van der Waals surface area contributed by atoms with Crippen molar-refractivity contribution in [2.45, 2.75) is 38.6 Å². The summed E-state index contributed by atoms with van der Waals surface area (Å²) in [6.07, 6.45) is 0.967. The van der Waals surface area contributed by atoms with Crippen LogP contribution < -0.4 is 22.3 Å². The van der Waals surface area contributed by atoms with Crippen LogP contribution in [0.5, 0.6) is 0 Å². The quantitative estimate of drug-likeness (QED) is 0.629. The van der Waals surface area contributed by atoms with Gasteiger partial charge in [0.05, 0.1) is 12.1 Å². The minimum atomic E-state index is -0.552. The second kappa shape index (κ2) is 5.59. The predicted molar refractivity (Wildman–Crippen MR) is 71.2 cm³/mol. The van der Waals surface area contributed by atoms with Gasteiger partial charge in [0.2, 0.25) is 5.91 Å². The van der Waals surface area contributed by atoms with E-state index in [9.17, 15) is 14.4 Å². The van der Waals surface area contributed by atoms with Gasteiger partial charge in [-0.05, 0) is 6.92 Å². The fourth-order valence-corrected chi connectivity index (χ4v) is 2.33. The summed E-state index contributed by atoms with van der Waals surface area (Å²) in [7, 11) is 0. The van der Waals surface area contributed by atoms with E-state index in [1.54, 1.807) is 6.92 Å². The Bertz CT molecular complexity index is 621. The second-order valence-corrected chi connectivity index (χ2v) is 4.89. The summed E-state index contributed by atoms with van der Waals surface area (Å²) in [5, 5.41) is 2.76. The molecular formula is C12H18N4O4. The molecule has 1 aliphatic heterocycles. The highest BCUT2D eigenvalue weighted by molar-refractivity contribution is 5.73. The molecule has 2 heterocycles. The minimum Gasteiger partial charge on any atom is -0.351 e. The molecule has 1 amide bonds. The van der Waals surface area contributed by atoms with Crippen molar-refractivity contribution in [3.63, 3.8) is 0 Å². The first-order chi connectivity index (χ1) is 9.42. The molecule has 0 aliphatic carbocycles. The molecule has 2 rings (SSSR count). The molecule has 0 bridgehead atoms. The molecule has 1 saturated heterocycles. The van der Waals surface area contributed by atoms with E-state index >= 15 is 0 Å². The van der Waals surface area contributed by atoms with Crippen LogP contribution in [-0.2, 0) is 9.53 Å². The third-order valence-corrected chi connectivity index (χ3v) is 3.31. The van der Waals surface area contributed by atoms with E-state index in [1.165, 1.54) is 17.7 Å². The summed E-state index contributed by atoms with van der Waals surface area (Å²) in [6.45, 7) is 3.26. The molecule has 8 nitrogen and oxygen atoms in total. The fraction of sp³-hybridized carbons (Fsp3) is 0.583. The number of amides is 1. The highest BCUT2D eigenvalue weighted by Crippen LogP contribution is 2.27. The maximum Gasteiger partial charge on any atom is 0.330 e. The van der Waals surface area contributed by atoms with Crippen LogP contribution in [-0.4, -0.2) is 34.1 Å². The summed E-state index contributed by atoms with van der Waals surface area (Å²) >= 11 is 0. The van der Waals surface area contributed by atoms with Gasteiger partial charge in [-0.25, -0.2) is 4.79 Å². The lowest BCUT2D eigenvalue weighted by Crippen LogP contribution is -2.42. The molecule has 1 fully saturated rings. The molecule has 0 saturated carbocycles. The zero-order valence-electron chi connectivity index (χ0n) is 11.4. The van der Waals surface area contributed by atoms with Gasteiger partial charge in [-0.1, -0.05) is 0 Å². The molecule has 0 unspecified atom stereocenters. The minimum absolute atomic E-state index is 0.178. The first-order valence-corrected chi connectivity index (χ1v) is 6.37. The molecule has 3 atom stereocenters. The van der Waals surface area contributed by atoms with Crippen LogP contribution in [0.3, 0.4) is 0 Å². The zero-order valence-corrected chi connectivity index (χ0v) is 11.4. The Morgan fingerprint density at radius 2 is 2.30 bits per heavy atom. The Hall–Kier alpha value is -1.93. The van der Waals surface area contributed by atoms with Gasteiger partial charge >= 0.3 is 5.69 Å². The second-order valence-electron chi connectivity index (χ2n) is 4.89. The first kappa shape index (κ1) is 14.5. The number of aryl methyl sites for hydroxylation is 1. The third kappa shape index (κ3) is 2.81. The van der Waals surface area contributed by atoms with Gasteiger partial charge in [0.15, 0.2) is 0 Å². The maximum atomic E-state index is 11.8. The predicted octanol–water partition coefficient (Wildman–Crippen LogP) is -1.40. The highest BCUT2D eigenvalue weighted by Gasteiger charge is 2.36. The molecule has 1 aliphatic rings. The van der Waals surface area contributed by atoms with Crippen LogP contribution in [0.2, 0.25) is 0 Å². The molecule has 20 heavy (non-hydrogen) atoms. The molecular weight excluding hydrogens is 264 g/mol. The standard InChI is InChI=1S/C12H18N4O4/c1-6-5-16(12(19)15-11(6)18)10-3-8(14-7(2)17)9(4-13)20-10/h5,8-10H,3-4,13H2,1-2H3,(H,14,17)(H,15,18,19)/t8-,9+,10+/m0/s1. The molecule has 1 aromatic rings. The number of aromatic amines is 1. The summed E-state index contributed by atoms with van der Waals surface area (Å²) in [5.74, 6) is -0.178. The molecule has 8 heteroatoms. The number of carbonyl (C=O) groups is 1. The lowest BCUT2D eigenvalue weighted by Gasteiger charge is -2.16. The van der Waals surface area contributed by atoms with Gasteiger partial charge in [-0.15, -0.1) is 0 Å². The number of rotatable bonds is 3. The van der Waals surface area contributed by atoms with Crippen molar-refractivity contribution in [1.29, 1.82) is 0 Å². The Balaban J connectivity index is 2.27. The van der Waals surface area contributed by atoms with Crippen LogP contribution in [0.15, 0.2) is 15.8 Å². The van der Waals surface area contributed by atoms with Crippen molar-refractivity contribution >= 4 is 5.91 Å². The summed E-state index contributed by atoms with van der Waals surface area (Å²) < 4.78 is 7.01.